The van der Waals surface area contributed by atoms with Crippen LogP contribution in [0.15, 0.2) is 114 Å². The summed E-state index contributed by atoms with van der Waals surface area (Å²) in [7, 11) is -4.32. The maximum Gasteiger partial charge on any atom is 0.264 e. The first-order valence-electron chi connectivity index (χ1n) is 13.4. The molecule has 1 atom stereocenters. The highest BCUT2D eigenvalue weighted by Gasteiger charge is 2.34. The highest BCUT2D eigenvalue weighted by molar-refractivity contribution is 7.92. The second-order valence-electron chi connectivity index (χ2n) is 9.55. The zero-order valence-electron chi connectivity index (χ0n) is 23.0. The molecule has 0 aliphatic heterocycles. The number of carbonyl (C=O) groups is 2. The van der Waals surface area contributed by atoms with Crippen LogP contribution in [0.5, 0.6) is 0 Å². The molecule has 0 saturated heterocycles. The van der Waals surface area contributed by atoms with E-state index in [-0.39, 0.29) is 23.5 Å². The topological polar surface area (TPSA) is 86.8 Å². The molecule has 0 heterocycles. The van der Waals surface area contributed by atoms with E-state index < -0.39 is 46.1 Å². The fourth-order valence-corrected chi connectivity index (χ4v) is 5.90. The van der Waals surface area contributed by atoms with E-state index >= 15 is 0 Å². The Morgan fingerprint density at radius 2 is 1.31 bits per heavy atom. The van der Waals surface area contributed by atoms with Crippen molar-refractivity contribution in [3.63, 3.8) is 0 Å². The number of halogens is 2. The Labute approximate surface area is 244 Å². The summed E-state index contributed by atoms with van der Waals surface area (Å²) in [5.41, 5.74) is 1.57. The molecule has 1 N–H and O–H groups in total. The molecule has 0 aromatic heterocycles. The number of nitrogens with one attached hydrogen (secondary N) is 1. The van der Waals surface area contributed by atoms with Gasteiger partial charge in [0.2, 0.25) is 11.8 Å². The molecule has 0 radical (unpaired) electrons. The van der Waals surface area contributed by atoms with Crippen molar-refractivity contribution in [1.82, 2.24) is 10.2 Å². The van der Waals surface area contributed by atoms with Gasteiger partial charge in [-0.3, -0.25) is 13.9 Å². The first-order chi connectivity index (χ1) is 20.2. The maximum atomic E-state index is 14.2. The quantitative estimate of drug-likeness (QED) is 0.253. The summed E-state index contributed by atoms with van der Waals surface area (Å²) in [5.74, 6) is -2.13. The lowest BCUT2D eigenvalue weighted by Crippen LogP contribution is -2.53. The van der Waals surface area contributed by atoms with Crippen LogP contribution < -0.4 is 9.62 Å². The van der Waals surface area contributed by atoms with Gasteiger partial charge in [-0.1, -0.05) is 60.7 Å². The maximum absolute atomic E-state index is 14.2. The Morgan fingerprint density at radius 3 is 1.88 bits per heavy atom. The van der Waals surface area contributed by atoms with E-state index in [1.165, 1.54) is 29.2 Å². The molecule has 4 aromatic carbocycles. The lowest BCUT2D eigenvalue weighted by molar-refractivity contribution is -0.140. The van der Waals surface area contributed by atoms with E-state index in [1.807, 2.05) is 30.3 Å². The number of rotatable bonds is 12. The molecule has 0 saturated carbocycles. The molecular formula is C32H31F2N3O4S. The third kappa shape index (κ3) is 7.58. The molecule has 0 unspecified atom stereocenters. The molecule has 4 aromatic rings. The summed E-state index contributed by atoms with van der Waals surface area (Å²) in [6, 6.07) is 26.1. The van der Waals surface area contributed by atoms with Crippen LogP contribution in [-0.4, -0.2) is 44.3 Å². The average molecular weight is 592 g/mol. The van der Waals surface area contributed by atoms with Gasteiger partial charge in [0.15, 0.2) is 0 Å². The Hall–Kier alpha value is -4.57. The first kappa shape index (κ1) is 30.4. The molecule has 0 fully saturated rings. The van der Waals surface area contributed by atoms with Crippen LogP contribution in [0.3, 0.4) is 0 Å². The molecule has 4 rings (SSSR count). The van der Waals surface area contributed by atoms with Gasteiger partial charge in [0.1, 0.15) is 24.2 Å². The van der Waals surface area contributed by atoms with Gasteiger partial charge >= 0.3 is 0 Å². The van der Waals surface area contributed by atoms with Gasteiger partial charge < -0.3 is 10.2 Å². The predicted molar refractivity (Wildman–Crippen MR) is 157 cm³/mol. The smallest absolute Gasteiger partial charge is 0.264 e. The normalized spacial score (nSPS) is 11.9. The minimum absolute atomic E-state index is 0.0764. The van der Waals surface area contributed by atoms with E-state index in [1.54, 1.807) is 37.3 Å². The van der Waals surface area contributed by atoms with Crippen LogP contribution in [0.2, 0.25) is 0 Å². The molecule has 0 aliphatic carbocycles. The number of hydrogen-bond acceptors (Lipinski definition) is 4. The summed E-state index contributed by atoms with van der Waals surface area (Å²) in [5, 5.41) is 2.78. The van der Waals surface area contributed by atoms with Gasteiger partial charge in [-0.15, -0.1) is 0 Å². The van der Waals surface area contributed by atoms with Crippen molar-refractivity contribution in [2.24, 2.45) is 0 Å². The lowest BCUT2D eigenvalue weighted by Gasteiger charge is -2.33. The van der Waals surface area contributed by atoms with Crippen LogP contribution in [-0.2, 0) is 32.6 Å². The Kier molecular flexibility index (Phi) is 10.0. The summed E-state index contributed by atoms with van der Waals surface area (Å²) in [6.07, 6.45) is 0.162. The first-order valence-corrected chi connectivity index (χ1v) is 14.8. The number of benzene rings is 4. The number of para-hydroxylation sites is 1. The molecule has 0 aliphatic rings. The van der Waals surface area contributed by atoms with Crippen molar-refractivity contribution in [3.05, 3.63) is 132 Å². The van der Waals surface area contributed by atoms with Crippen LogP contribution in [0.4, 0.5) is 14.5 Å². The van der Waals surface area contributed by atoms with Crippen molar-refractivity contribution in [2.45, 2.75) is 30.8 Å². The van der Waals surface area contributed by atoms with Gasteiger partial charge in [-0.05, 0) is 66.6 Å². The minimum Gasteiger partial charge on any atom is -0.355 e. The number of carbonyl (C=O) groups excluding carboxylic acids is 2. The van der Waals surface area contributed by atoms with E-state index in [4.69, 9.17) is 0 Å². The highest BCUT2D eigenvalue weighted by Crippen LogP contribution is 2.25. The lowest BCUT2D eigenvalue weighted by atomic mass is 10.0. The number of nitrogens with zero attached hydrogens (tertiary/aromatic N) is 2. The zero-order chi connectivity index (χ0) is 30.1. The van der Waals surface area contributed by atoms with E-state index in [0.29, 0.717) is 12.1 Å². The van der Waals surface area contributed by atoms with E-state index in [0.717, 1.165) is 34.1 Å². The number of hydrogen-bond donors (Lipinski definition) is 1. The highest BCUT2D eigenvalue weighted by atomic mass is 32.2. The van der Waals surface area contributed by atoms with Crippen molar-refractivity contribution in [1.29, 1.82) is 0 Å². The van der Waals surface area contributed by atoms with Crippen LogP contribution >= 0.6 is 0 Å². The fourth-order valence-electron chi connectivity index (χ4n) is 4.49. The summed E-state index contributed by atoms with van der Waals surface area (Å²) in [6.45, 7) is 1.36. The molecule has 0 spiro atoms. The van der Waals surface area contributed by atoms with Crippen LogP contribution in [0, 0.1) is 11.6 Å². The molecule has 7 nitrogen and oxygen atoms in total. The molecule has 218 valence electrons. The molecular weight excluding hydrogens is 560 g/mol. The third-order valence-electron chi connectivity index (χ3n) is 6.61. The number of amides is 2. The van der Waals surface area contributed by atoms with Gasteiger partial charge in [-0.25, -0.2) is 17.2 Å². The molecule has 42 heavy (non-hydrogen) atoms. The van der Waals surface area contributed by atoms with Crippen molar-refractivity contribution >= 4 is 27.5 Å². The molecule has 0 bridgehead atoms. The second-order valence-corrected chi connectivity index (χ2v) is 11.4. The van der Waals surface area contributed by atoms with Crippen LogP contribution in [0.25, 0.3) is 0 Å². The molecule has 2 amide bonds. The average Bonchev–Trinajstić information content (AvgIpc) is 2.99. The van der Waals surface area contributed by atoms with Crippen molar-refractivity contribution in [2.75, 3.05) is 17.4 Å². The Morgan fingerprint density at radius 1 is 0.762 bits per heavy atom. The van der Waals surface area contributed by atoms with E-state index in [2.05, 4.69) is 5.32 Å². The third-order valence-corrected chi connectivity index (χ3v) is 8.40. The van der Waals surface area contributed by atoms with E-state index in [9.17, 15) is 26.8 Å². The van der Waals surface area contributed by atoms with Gasteiger partial charge in [0, 0.05) is 19.5 Å². The summed E-state index contributed by atoms with van der Waals surface area (Å²) in [4.78, 5) is 28.7. The second kappa shape index (κ2) is 13.9. The SMILES string of the molecule is CCNC(=O)[C@@H](Cc1ccccc1)N(Cc1ccc(F)cc1)C(=O)CN(c1ccccc1)S(=O)(=O)c1ccc(F)cc1. The fraction of sp³-hybridized carbons (Fsp3) is 0.188. The zero-order valence-corrected chi connectivity index (χ0v) is 23.8. The summed E-state index contributed by atoms with van der Waals surface area (Å²) < 4.78 is 55.9. The number of anilines is 1. The van der Waals surface area contributed by atoms with Gasteiger partial charge in [0.25, 0.3) is 10.0 Å². The summed E-state index contributed by atoms with van der Waals surface area (Å²) >= 11 is 0. The van der Waals surface area contributed by atoms with Gasteiger partial charge in [-0.2, -0.15) is 0 Å². The van der Waals surface area contributed by atoms with Crippen molar-refractivity contribution < 1.29 is 26.8 Å². The standard InChI is InChI=1S/C32H31F2N3O4S/c1-2-35-32(39)30(21-24-9-5-3-6-10-24)36(22-25-13-15-26(33)16-14-25)31(38)23-37(28-11-7-4-8-12-28)42(40,41)29-19-17-27(34)18-20-29/h3-20,30H,2,21-23H2,1H3,(H,35,39)/t30-/m1/s1. The van der Waals surface area contributed by atoms with Crippen molar-refractivity contribution in [3.8, 4) is 0 Å². The predicted octanol–water partition coefficient (Wildman–Crippen LogP) is 4.94. The number of likely N-dealkylation sites (N-methyl/N-ethyl adjacent to an activating group) is 1. The monoisotopic (exact) mass is 591 g/mol. The number of sulfonamides is 1. The largest absolute Gasteiger partial charge is 0.355 e. The molecule has 10 heteroatoms. The minimum atomic E-state index is -4.32. The Balaban J connectivity index is 1.77. The van der Waals surface area contributed by atoms with Gasteiger partial charge in [0.05, 0.1) is 10.6 Å². The Bertz CT molecular complexity index is 1580. The van der Waals surface area contributed by atoms with Crippen LogP contribution in [0.1, 0.15) is 18.1 Å².